The van der Waals surface area contributed by atoms with Crippen LogP contribution in [0.15, 0.2) is 55.0 Å². The highest BCUT2D eigenvalue weighted by Gasteiger charge is 2.23. The lowest BCUT2D eigenvalue weighted by Crippen LogP contribution is -2.38. The van der Waals surface area contributed by atoms with E-state index in [1.165, 1.54) is 5.56 Å². The summed E-state index contributed by atoms with van der Waals surface area (Å²) >= 11 is 0. The molecule has 0 saturated carbocycles. The van der Waals surface area contributed by atoms with Crippen LogP contribution in [0.1, 0.15) is 24.3 Å². The zero-order valence-corrected chi connectivity index (χ0v) is 16.4. The van der Waals surface area contributed by atoms with Gasteiger partial charge in [-0.3, -0.25) is 14.6 Å². The van der Waals surface area contributed by atoms with E-state index in [0.29, 0.717) is 6.61 Å². The van der Waals surface area contributed by atoms with E-state index in [1.54, 1.807) is 7.11 Å². The van der Waals surface area contributed by atoms with Gasteiger partial charge >= 0.3 is 0 Å². The summed E-state index contributed by atoms with van der Waals surface area (Å²) in [5, 5.41) is 4.37. The Kier molecular flexibility index (Phi) is 5.69. The second-order valence-electron chi connectivity index (χ2n) is 7.00. The van der Waals surface area contributed by atoms with Crippen molar-refractivity contribution in [1.82, 2.24) is 19.7 Å². The molecule has 6 nitrogen and oxygen atoms in total. The summed E-state index contributed by atoms with van der Waals surface area (Å²) in [4.78, 5) is 7.09. The van der Waals surface area contributed by atoms with Gasteiger partial charge in [0.05, 0.1) is 25.6 Å². The third-order valence-corrected chi connectivity index (χ3v) is 5.09. The predicted octanol–water partition coefficient (Wildman–Crippen LogP) is 3.55. The number of aryl methyl sites for hydroxylation is 1. The van der Waals surface area contributed by atoms with Crippen molar-refractivity contribution in [1.29, 1.82) is 0 Å². The molecule has 0 N–H and O–H groups in total. The van der Waals surface area contributed by atoms with Crippen LogP contribution in [0.4, 0.5) is 0 Å². The monoisotopic (exact) mass is 378 g/mol. The van der Waals surface area contributed by atoms with Crippen LogP contribution in [0.3, 0.4) is 0 Å². The number of nitrogens with zero attached hydrogens (tertiary/aromatic N) is 4. The number of pyridine rings is 1. The SMILES string of the molecule is CCn1cc(CN2CCO[C@H](c3ccc(-c4cccc(OC)c4)cn3)C2)cn1. The van der Waals surface area contributed by atoms with Gasteiger partial charge in [0.25, 0.3) is 0 Å². The molecule has 0 spiro atoms. The van der Waals surface area contributed by atoms with Crippen LogP contribution < -0.4 is 4.74 Å². The molecule has 0 amide bonds. The summed E-state index contributed by atoms with van der Waals surface area (Å²) in [5.74, 6) is 0.847. The predicted molar refractivity (Wildman–Crippen MR) is 108 cm³/mol. The highest BCUT2D eigenvalue weighted by atomic mass is 16.5. The summed E-state index contributed by atoms with van der Waals surface area (Å²) in [7, 11) is 1.68. The first kappa shape index (κ1) is 18.7. The van der Waals surface area contributed by atoms with Crippen molar-refractivity contribution in [3.63, 3.8) is 0 Å². The van der Waals surface area contributed by atoms with Crippen LogP contribution in [0, 0.1) is 0 Å². The van der Waals surface area contributed by atoms with Crippen LogP contribution in [0.5, 0.6) is 5.75 Å². The molecule has 4 rings (SSSR count). The summed E-state index contributed by atoms with van der Waals surface area (Å²) in [6, 6.07) is 12.2. The van der Waals surface area contributed by atoms with E-state index in [9.17, 15) is 0 Å². The number of hydrogen-bond donors (Lipinski definition) is 0. The summed E-state index contributed by atoms with van der Waals surface area (Å²) in [6.45, 7) is 6.36. The van der Waals surface area contributed by atoms with Gasteiger partial charge in [0.15, 0.2) is 0 Å². The van der Waals surface area contributed by atoms with Gasteiger partial charge in [-0.1, -0.05) is 18.2 Å². The molecule has 28 heavy (non-hydrogen) atoms. The van der Waals surface area contributed by atoms with Crippen molar-refractivity contribution in [3.05, 3.63) is 66.2 Å². The molecule has 1 atom stereocenters. The van der Waals surface area contributed by atoms with Crippen molar-refractivity contribution in [2.24, 2.45) is 0 Å². The van der Waals surface area contributed by atoms with E-state index in [0.717, 1.165) is 48.7 Å². The maximum atomic E-state index is 6.00. The van der Waals surface area contributed by atoms with Gasteiger partial charge in [-0.25, -0.2) is 0 Å². The fraction of sp³-hybridized carbons (Fsp3) is 0.364. The van der Waals surface area contributed by atoms with Gasteiger partial charge in [-0.05, 0) is 30.7 Å². The van der Waals surface area contributed by atoms with Crippen LogP contribution in [0.2, 0.25) is 0 Å². The first-order chi connectivity index (χ1) is 13.7. The minimum Gasteiger partial charge on any atom is -0.497 e. The second kappa shape index (κ2) is 8.54. The van der Waals surface area contributed by atoms with Crippen LogP contribution in [-0.2, 0) is 17.8 Å². The Hall–Kier alpha value is -2.70. The third kappa shape index (κ3) is 4.24. The molecule has 0 radical (unpaired) electrons. The van der Waals surface area contributed by atoms with E-state index in [-0.39, 0.29) is 6.10 Å². The van der Waals surface area contributed by atoms with Crippen LogP contribution in [-0.4, -0.2) is 46.5 Å². The van der Waals surface area contributed by atoms with Crippen molar-refractivity contribution in [2.75, 3.05) is 26.8 Å². The van der Waals surface area contributed by atoms with Gasteiger partial charge in [-0.15, -0.1) is 0 Å². The zero-order chi connectivity index (χ0) is 19.3. The Morgan fingerprint density at radius 3 is 2.86 bits per heavy atom. The summed E-state index contributed by atoms with van der Waals surface area (Å²) < 4.78 is 13.3. The van der Waals surface area contributed by atoms with Gasteiger partial charge in [0.2, 0.25) is 0 Å². The van der Waals surface area contributed by atoms with Crippen molar-refractivity contribution >= 4 is 0 Å². The Bertz CT molecular complexity index is 907. The highest BCUT2D eigenvalue weighted by molar-refractivity contribution is 5.64. The van der Waals surface area contributed by atoms with Gasteiger partial charge in [0.1, 0.15) is 11.9 Å². The lowest BCUT2D eigenvalue weighted by atomic mass is 10.1. The maximum Gasteiger partial charge on any atom is 0.119 e. The van der Waals surface area contributed by atoms with Crippen molar-refractivity contribution < 1.29 is 9.47 Å². The Labute approximate surface area is 165 Å². The molecule has 146 valence electrons. The Morgan fingerprint density at radius 1 is 1.18 bits per heavy atom. The first-order valence-electron chi connectivity index (χ1n) is 9.71. The summed E-state index contributed by atoms with van der Waals surface area (Å²) in [6.07, 6.45) is 5.98. The number of rotatable bonds is 6. The average molecular weight is 378 g/mol. The fourth-order valence-corrected chi connectivity index (χ4v) is 3.51. The van der Waals surface area contributed by atoms with E-state index in [2.05, 4.69) is 46.3 Å². The molecule has 1 aromatic carbocycles. The molecule has 3 heterocycles. The molecule has 1 aliphatic rings. The van der Waals surface area contributed by atoms with Crippen LogP contribution >= 0.6 is 0 Å². The quantitative estimate of drug-likeness (QED) is 0.657. The van der Waals surface area contributed by atoms with Crippen LogP contribution in [0.25, 0.3) is 11.1 Å². The first-order valence-corrected chi connectivity index (χ1v) is 9.71. The number of benzene rings is 1. The molecule has 0 unspecified atom stereocenters. The summed E-state index contributed by atoms with van der Waals surface area (Å²) in [5.41, 5.74) is 4.38. The second-order valence-corrected chi connectivity index (χ2v) is 7.00. The van der Waals surface area contributed by atoms with Gasteiger partial charge in [-0.2, -0.15) is 5.10 Å². The molecule has 1 aliphatic heterocycles. The Morgan fingerprint density at radius 2 is 2.11 bits per heavy atom. The lowest BCUT2D eigenvalue weighted by Gasteiger charge is -2.32. The normalized spacial score (nSPS) is 17.6. The van der Waals surface area contributed by atoms with Crippen molar-refractivity contribution in [2.45, 2.75) is 26.1 Å². The number of hydrogen-bond acceptors (Lipinski definition) is 5. The molecule has 0 bridgehead atoms. The smallest absolute Gasteiger partial charge is 0.119 e. The molecular formula is C22H26N4O2. The number of ether oxygens (including phenoxy) is 2. The van der Waals surface area contributed by atoms with E-state index in [1.807, 2.05) is 35.3 Å². The highest BCUT2D eigenvalue weighted by Crippen LogP contribution is 2.26. The minimum atomic E-state index is -0.00525. The maximum absolute atomic E-state index is 6.00. The van der Waals surface area contributed by atoms with E-state index >= 15 is 0 Å². The lowest BCUT2D eigenvalue weighted by molar-refractivity contribution is -0.0349. The van der Waals surface area contributed by atoms with E-state index < -0.39 is 0 Å². The number of aromatic nitrogens is 3. The molecule has 1 saturated heterocycles. The van der Waals surface area contributed by atoms with Gasteiger partial charge < -0.3 is 9.47 Å². The largest absolute Gasteiger partial charge is 0.497 e. The molecule has 1 fully saturated rings. The molecule has 2 aromatic heterocycles. The standard InChI is InChI=1S/C22H26N4O2/c1-3-26-15-17(12-24-26)14-25-9-10-28-22(16-25)21-8-7-19(13-23-21)18-5-4-6-20(11-18)27-2/h4-8,11-13,15,22H,3,9-10,14,16H2,1-2H3/t22-/m0/s1. The average Bonchev–Trinajstić information content (AvgIpc) is 3.21. The molecule has 3 aromatic rings. The molecule has 0 aliphatic carbocycles. The van der Waals surface area contributed by atoms with E-state index in [4.69, 9.17) is 9.47 Å². The fourth-order valence-electron chi connectivity index (χ4n) is 3.51. The molecular weight excluding hydrogens is 352 g/mol. The Balaban J connectivity index is 1.43. The third-order valence-electron chi connectivity index (χ3n) is 5.09. The number of morpholine rings is 1. The van der Waals surface area contributed by atoms with Gasteiger partial charge in [0, 0.05) is 49.7 Å². The zero-order valence-electron chi connectivity index (χ0n) is 16.4. The number of methoxy groups -OCH3 is 1. The van der Waals surface area contributed by atoms with Crippen molar-refractivity contribution in [3.8, 4) is 16.9 Å². The topological polar surface area (TPSA) is 52.4 Å². The molecule has 6 heteroatoms. The minimum absolute atomic E-state index is 0.00525.